The summed E-state index contributed by atoms with van der Waals surface area (Å²) in [6, 6.07) is 12.3. The van der Waals surface area contributed by atoms with Crippen LogP contribution in [0.25, 0.3) is 11.1 Å². The molecular weight excluding hydrogens is 210 g/mol. The minimum atomic E-state index is 0.694. The van der Waals surface area contributed by atoms with Crippen molar-refractivity contribution in [2.75, 3.05) is 12.8 Å². The van der Waals surface area contributed by atoms with Crippen LogP contribution in [-0.2, 0) is 0 Å². The Kier molecular flexibility index (Phi) is 3.05. The molecule has 2 aromatic carbocycles. The summed E-state index contributed by atoms with van der Waals surface area (Å²) in [5.41, 5.74) is 11.4. The molecule has 0 amide bonds. The highest BCUT2D eigenvalue weighted by atomic mass is 16.5. The molecule has 0 bridgehead atoms. The van der Waals surface area contributed by atoms with E-state index < -0.39 is 0 Å². The second-order valence-corrected chi connectivity index (χ2v) is 4.30. The van der Waals surface area contributed by atoms with Crippen LogP contribution in [0.3, 0.4) is 0 Å². The number of rotatable bonds is 2. The molecule has 0 heterocycles. The second-order valence-electron chi connectivity index (χ2n) is 4.30. The molecule has 0 aromatic heterocycles. The normalized spacial score (nSPS) is 10.3. The number of nitrogen functional groups attached to an aromatic ring is 1. The van der Waals surface area contributed by atoms with E-state index in [4.69, 9.17) is 10.5 Å². The Morgan fingerprint density at radius 1 is 1.00 bits per heavy atom. The maximum Gasteiger partial charge on any atom is 0.142 e. The summed E-state index contributed by atoms with van der Waals surface area (Å²) in [6.07, 6.45) is 0. The van der Waals surface area contributed by atoms with E-state index in [1.165, 1.54) is 11.1 Å². The summed E-state index contributed by atoms with van der Waals surface area (Å²) < 4.78 is 5.24. The zero-order chi connectivity index (χ0) is 12.4. The summed E-state index contributed by atoms with van der Waals surface area (Å²) in [4.78, 5) is 0. The number of para-hydroxylation sites is 1. The molecule has 0 atom stereocenters. The highest BCUT2D eigenvalue weighted by Crippen LogP contribution is 2.33. The number of aryl methyl sites for hydroxylation is 2. The van der Waals surface area contributed by atoms with Gasteiger partial charge in [-0.25, -0.2) is 0 Å². The quantitative estimate of drug-likeness (QED) is 0.796. The predicted molar refractivity (Wildman–Crippen MR) is 72.3 cm³/mol. The van der Waals surface area contributed by atoms with Gasteiger partial charge in [0.1, 0.15) is 5.75 Å². The molecule has 2 aromatic rings. The molecule has 0 saturated heterocycles. The predicted octanol–water partition coefficient (Wildman–Crippen LogP) is 3.56. The van der Waals surface area contributed by atoms with Gasteiger partial charge in [-0.2, -0.15) is 0 Å². The molecule has 2 rings (SSSR count). The second kappa shape index (κ2) is 4.50. The number of ether oxygens (including phenoxy) is 1. The molecular formula is C15H17NO. The van der Waals surface area contributed by atoms with E-state index in [2.05, 4.69) is 32.0 Å². The van der Waals surface area contributed by atoms with Crippen molar-refractivity contribution < 1.29 is 4.74 Å². The smallest absolute Gasteiger partial charge is 0.142 e. The lowest BCUT2D eigenvalue weighted by Crippen LogP contribution is -1.95. The van der Waals surface area contributed by atoms with E-state index in [0.29, 0.717) is 5.69 Å². The largest absolute Gasteiger partial charge is 0.495 e. The third-order valence-electron chi connectivity index (χ3n) is 2.82. The number of benzene rings is 2. The number of hydrogen-bond acceptors (Lipinski definition) is 2. The van der Waals surface area contributed by atoms with Crippen LogP contribution in [-0.4, -0.2) is 7.11 Å². The first-order valence-corrected chi connectivity index (χ1v) is 5.63. The molecule has 0 fully saturated rings. The molecule has 0 aliphatic heterocycles. The zero-order valence-corrected chi connectivity index (χ0v) is 10.4. The number of anilines is 1. The van der Waals surface area contributed by atoms with Gasteiger partial charge in [0.05, 0.1) is 12.8 Å². The minimum absolute atomic E-state index is 0.694. The molecule has 2 nitrogen and oxygen atoms in total. The molecule has 17 heavy (non-hydrogen) atoms. The highest BCUT2D eigenvalue weighted by Gasteiger charge is 2.07. The van der Waals surface area contributed by atoms with Crippen molar-refractivity contribution in [1.29, 1.82) is 0 Å². The minimum Gasteiger partial charge on any atom is -0.495 e. The van der Waals surface area contributed by atoms with Crippen LogP contribution in [0, 0.1) is 13.8 Å². The lowest BCUT2D eigenvalue weighted by molar-refractivity contribution is 0.417. The molecule has 2 heteroatoms. The Morgan fingerprint density at radius 2 is 1.65 bits per heavy atom. The molecule has 0 unspecified atom stereocenters. The van der Waals surface area contributed by atoms with E-state index in [-0.39, 0.29) is 0 Å². The standard InChI is InChI=1S/C15H17NO/c1-10-7-11(2)9-12(8-10)13-5-4-6-14(17-3)15(13)16/h4-9H,16H2,1-3H3. The fraction of sp³-hybridized carbons (Fsp3) is 0.200. The van der Waals surface area contributed by atoms with Crippen LogP contribution in [0.2, 0.25) is 0 Å². The molecule has 0 spiro atoms. The Balaban J connectivity index is 2.60. The highest BCUT2D eigenvalue weighted by molar-refractivity contribution is 5.81. The first-order valence-electron chi connectivity index (χ1n) is 5.63. The van der Waals surface area contributed by atoms with E-state index in [9.17, 15) is 0 Å². The van der Waals surface area contributed by atoms with Crippen LogP contribution < -0.4 is 10.5 Å². The number of methoxy groups -OCH3 is 1. The van der Waals surface area contributed by atoms with Crippen LogP contribution >= 0.6 is 0 Å². The van der Waals surface area contributed by atoms with E-state index in [0.717, 1.165) is 16.9 Å². The van der Waals surface area contributed by atoms with Gasteiger partial charge >= 0.3 is 0 Å². The van der Waals surface area contributed by atoms with E-state index in [1.54, 1.807) is 7.11 Å². The molecule has 0 aliphatic carbocycles. The molecule has 0 saturated carbocycles. The van der Waals surface area contributed by atoms with Crippen molar-refractivity contribution >= 4 is 5.69 Å². The molecule has 0 aliphatic rings. The Labute approximate surface area is 102 Å². The summed E-state index contributed by atoms with van der Waals surface area (Å²) >= 11 is 0. The summed E-state index contributed by atoms with van der Waals surface area (Å²) in [6.45, 7) is 4.18. The van der Waals surface area contributed by atoms with Crippen molar-refractivity contribution in [2.24, 2.45) is 0 Å². The Morgan fingerprint density at radius 3 is 2.24 bits per heavy atom. The lowest BCUT2D eigenvalue weighted by atomic mass is 9.99. The molecule has 0 radical (unpaired) electrons. The van der Waals surface area contributed by atoms with E-state index >= 15 is 0 Å². The Bertz CT molecular complexity index is 526. The van der Waals surface area contributed by atoms with Crippen molar-refractivity contribution in [1.82, 2.24) is 0 Å². The van der Waals surface area contributed by atoms with Gasteiger partial charge in [0, 0.05) is 5.56 Å². The fourth-order valence-corrected chi connectivity index (χ4v) is 2.10. The van der Waals surface area contributed by atoms with Gasteiger partial charge in [-0.1, -0.05) is 41.5 Å². The average molecular weight is 227 g/mol. The number of nitrogens with two attached hydrogens (primary N) is 1. The van der Waals surface area contributed by atoms with Crippen LogP contribution in [0.5, 0.6) is 5.75 Å². The summed E-state index contributed by atoms with van der Waals surface area (Å²) in [5.74, 6) is 0.724. The maximum atomic E-state index is 6.10. The van der Waals surface area contributed by atoms with E-state index in [1.807, 2.05) is 18.2 Å². The topological polar surface area (TPSA) is 35.2 Å². The Hall–Kier alpha value is -1.96. The SMILES string of the molecule is COc1cccc(-c2cc(C)cc(C)c2)c1N. The maximum absolute atomic E-state index is 6.10. The van der Waals surface area contributed by atoms with Gasteiger partial charge in [-0.3, -0.25) is 0 Å². The van der Waals surface area contributed by atoms with Crippen molar-refractivity contribution in [3.05, 3.63) is 47.5 Å². The van der Waals surface area contributed by atoms with Gasteiger partial charge in [0.25, 0.3) is 0 Å². The first-order chi connectivity index (χ1) is 8.11. The monoisotopic (exact) mass is 227 g/mol. The molecule has 88 valence electrons. The zero-order valence-electron chi connectivity index (χ0n) is 10.4. The van der Waals surface area contributed by atoms with Crippen molar-refractivity contribution in [2.45, 2.75) is 13.8 Å². The fourth-order valence-electron chi connectivity index (χ4n) is 2.10. The van der Waals surface area contributed by atoms with Gasteiger partial charge in [-0.15, -0.1) is 0 Å². The van der Waals surface area contributed by atoms with Crippen LogP contribution in [0.1, 0.15) is 11.1 Å². The third kappa shape index (κ3) is 2.26. The molecule has 2 N–H and O–H groups in total. The van der Waals surface area contributed by atoms with Gasteiger partial charge < -0.3 is 10.5 Å². The van der Waals surface area contributed by atoms with Gasteiger partial charge in [0.2, 0.25) is 0 Å². The summed E-state index contributed by atoms with van der Waals surface area (Å²) in [5, 5.41) is 0. The number of hydrogen-bond donors (Lipinski definition) is 1. The lowest BCUT2D eigenvalue weighted by Gasteiger charge is -2.11. The van der Waals surface area contributed by atoms with Crippen molar-refractivity contribution in [3.63, 3.8) is 0 Å². The van der Waals surface area contributed by atoms with Crippen LogP contribution in [0.4, 0.5) is 5.69 Å². The average Bonchev–Trinajstić information content (AvgIpc) is 2.28. The summed E-state index contributed by atoms with van der Waals surface area (Å²) in [7, 11) is 1.64. The first kappa shape index (κ1) is 11.5. The van der Waals surface area contributed by atoms with Crippen molar-refractivity contribution in [3.8, 4) is 16.9 Å². The van der Waals surface area contributed by atoms with Gasteiger partial charge in [-0.05, 0) is 25.5 Å². The van der Waals surface area contributed by atoms with Crippen LogP contribution in [0.15, 0.2) is 36.4 Å². The van der Waals surface area contributed by atoms with Gasteiger partial charge in [0.15, 0.2) is 0 Å². The third-order valence-corrected chi connectivity index (χ3v) is 2.82.